The summed E-state index contributed by atoms with van der Waals surface area (Å²) in [6.45, 7) is -2.40. The van der Waals surface area contributed by atoms with Crippen molar-refractivity contribution in [3.8, 4) is 5.75 Å². The van der Waals surface area contributed by atoms with Gasteiger partial charge in [0.25, 0.3) is 0 Å². The monoisotopic (exact) mass is 317 g/mol. The van der Waals surface area contributed by atoms with Crippen molar-refractivity contribution in [1.29, 1.82) is 0 Å². The maximum atomic E-state index is 11.9. The molecular weight excluding hydrogens is 308 g/mol. The Morgan fingerprint density at radius 1 is 1.05 bits per heavy atom. The van der Waals surface area contributed by atoms with E-state index in [4.69, 9.17) is 0 Å². The number of hydrogen-bond acceptors (Lipinski definition) is 3. The first-order valence-electron chi connectivity index (χ1n) is 5.35. The Balaban J connectivity index is 2.43. The molecule has 1 rings (SSSR count). The number of carbonyl (C=O) groups is 1. The van der Waals surface area contributed by atoms with Gasteiger partial charge in [-0.15, -0.1) is 13.2 Å². The van der Waals surface area contributed by atoms with E-state index in [1.165, 1.54) is 0 Å². The minimum atomic E-state index is -4.84. The number of alkyl halides is 6. The van der Waals surface area contributed by atoms with E-state index >= 15 is 0 Å². The molecule has 0 heterocycles. The molecule has 1 N–H and O–H groups in total. The fraction of sp³-hybridized carbons (Fsp3) is 0.364. The van der Waals surface area contributed by atoms with Gasteiger partial charge in [-0.2, -0.15) is 13.2 Å². The molecule has 0 aliphatic rings. The lowest BCUT2D eigenvalue weighted by atomic mass is 10.3. The van der Waals surface area contributed by atoms with Gasteiger partial charge in [-0.05, 0) is 24.3 Å². The fourth-order valence-corrected chi connectivity index (χ4v) is 1.20. The maximum absolute atomic E-state index is 11.9. The van der Waals surface area contributed by atoms with Crippen LogP contribution in [-0.4, -0.2) is 31.7 Å². The van der Waals surface area contributed by atoms with Gasteiger partial charge >= 0.3 is 12.5 Å². The Bertz CT molecular complexity index is 468. The van der Waals surface area contributed by atoms with E-state index in [-0.39, 0.29) is 5.69 Å². The first-order valence-corrected chi connectivity index (χ1v) is 5.35. The summed E-state index contributed by atoms with van der Waals surface area (Å²) < 4.78 is 78.6. The van der Waals surface area contributed by atoms with E-state index in [0.717, 1.165) is 24.3 Å². The number of amides is 1. The van der Waals surface area contributed by atoms with Crippen LogP contribution in [0.4, 0.5) is 32.0 Å². The molecular formula is C11H9F6NO3. The van der Waals surface area contributed by atoms with Gasteiger partial charge in [-0.25, -0.2) is 0 Å². The Morgan fingerprint density at radius 3 is 2.10 bits per heavy atom. The zero-order valence-electron chi connectivity index (χ0n) is 10.2. The Kier molecular flexibility index (Phi) is 5.41. The summed E-state index contributed by atoms with van der Waals surface area (Å²) >= 11 is 0. The Hall–Kier alpha value is -1.97. The average molecular weight is 317 g/mol. The molecule has 1 aromatic carbocycles. The number of nitrogens with one attached hydrogen (secondary N) is 1. The van der Waals surface area contributed by atoms with Gasteiger partial charge in [0.2, 0.25) is 5.91 Å². The maximum Gasteiger partial charge on any atom is 0.573 e. The third-order valence-electron chi connectivity index (χ3n) is 1.87. The van der Waals surface area contributed by atoms with Crippen LogP contribution in [0.1, 0.15) is 0 Å². The van der Waals surface area contributed by atoms with Gasteiger partial charge in [0, 0.05) is 5.69 Å². The first-order chi connectivity index (χ1) is 9.55. The van der Waals surface area contributed by atoms with Gasteiger partial charge in [0.1, 0.15) is 19.0 Å². The number of hydrogen-bond donors (Lipinski definition) is 1. The lowest BCUT2D eigenvalue weighted by molar-refractivity contribution is -0.274. The molecule has 118 valence electrons. The lowest BCUT2D eigenvalue weighted by Crippen LogP contribution is -2.24. The van der Waals surface area contributed by atoms with Gasteiger partial charge in [0.15, 0.2) is 0 Å². The van der Waals surface area contributed by atoms with Crippen LogP contribution < -0.4 is 10.1 Å². The second-order valence-electron chi connectivity index (χ2n) is 3.73. The van der Waals surface area contributed by atoms with Crippen molar-refractivity contribution in [3.05, 3.63) is 24.3 Å². The van der Waals surface area contributed by atoms with Crippen LogP contribution in [-0.2, 0) is 9.53 Å². The van der Waals surface area contributed by atoms with E-state index in [1.807, 2.05) is 0 Å². The van der Waals surface area contributed by atoms with Crippen molar-refractivity contribution in [3.63, 3.8) is 0 Å². The van der Waals surface area contributed by atoms with Crippen molar-refractivity contribution >= 4 is 11.6 Å². The summed E-state index contributed by atoms with van der Waals surface area (Å²) in [4.78, 5) is 11.2. The number of rotatable bonds is 5. The number of ether oxygens (including phenoxy) is 2. The predicted molar refractivity (Wildman–Crippen MR) is 58.6 cm³/mol. The smallest absolute Gasteiger partial charge is 0.406 e. The third-order valence-corrected chi connectivity index (χ3v) is 1.87. The Labute approximate surface area is 114 Å². The van der Waals surface area contributed by atoms with Crippen LogP contribution >= 0.6 is 0 Å². The lowest BCUT2D eigenvalue weighted by Gasteiger charge is -2.10. The van der Waals surface area contributed by atoms with Crippen molar-refractivity contribution in [2.24, 2.45) is 0 Å². The predicted octanol–water partition coefficient (Wildman–Crippen LogP) is 3.10. The van der Waals surface area contributed by atoms with Crippen LogP contribution in [0.2, 0.25) is 0 Å². The second-order valence-corrected chi connectivity index (χ2v) is 3.73. The summed E-state index contributed by atoms with van der Waals surface area (Å²) in [6, 6.07) is 4.09. The summed E-state index contributed by atoms with van der Waals surface area (Å²) in [5, 5.41) is 2.15. The number of halogens is 6. The minimum absolute atomic E-state index is 0.0881. The van der Waals surface area contributed by atoms with Crippen molar-refractivity contribution in [2.75, 3.05) is 18.5 Å². The fourth-order valence-electron chi connectivity index (χ4n) is 1.20. The van der Waals surface area contributed by atoms with Crippen LogP contribution in [0.5, 0.6) is 5.75 Å². The zero-order chi connectivity index (χ0) is 16.1. The molecule has 0 saturated heterocycles. The molecule has 0 radical (unpaired) electrons. The van der Waals surface area contributed by atoms with Gasteiger partial charge < -0.3 is 14.8 Å². The molecule has 0 aliphatic heterocycles. The summed E-state index contributed by atoms with van der Waals surface area (Å²) in [5.41, 5.74) is 0.0881. The molecule has 0 bridgehead atoms. The van der Waals surface area contributed by atoms with Crippen LogP contribution in [0.15, 0.2) is 24.3 Å². The van der Waals surface area contributed by atoms with Crippen molar-refractivity contribution in [2.45, 2.75) is 12.5 Å². The van der Waals surface area contributed by atoms with Gasteiger partial charge in [-0.1, -0.05) is 0 Å². The Morgan fingerprint density at radius 2 is 1.62 bits per heavy atom. The van der Waals surface area contributed by atoms with Gasteiger partial charge in [0.05, 0.1) is 0 Å². The summed E-state index contributed by atoms with van der Waals surface area (Å²) in [7, 11) is 0. The molecule has 21 heavy (non-hydrogen) atoms. The molecule has 0 aromatic heterocycles. The summed E-state index contributed by atoms with van der Waals surface area (Å²) in [6.07, 6.45) is -9.38. The quantitative estimate of drug-likeness (QED) is 0.849. The van der Waals surface area contributed by atoms with Crippen LogP contribution in [0, 0.1) is 0 Å². The molecule has 0 spiro atoms. The minimum Gasteiger partial charge on any atom is -0.406 e. The number of anilines is 1. The molecule has 0 atom stereocenters. The van der Waals surface area contributed by atoms with E-state index in [2.05, 4.69) is 14.8 Å². The van der Waals surface area contributed by atoms with Crippen molar-refractivity contribution < 1.29 is 40.6 Å². The third kappa shape index (κ3) is 8.02. The molecule has 10 heteroatoms. The van der Waals surface area contributed by atoms with Crippen LogP contribution in [0.3, 0.4) is 0 Å². The first kappa shape index (κ1) is 17.1. The standard InChI is InChI=1S/C11H9F6NO3/c12-10(13,14)6-20-5-9(19)18-7-1-3-8(4-2-7)21-11(15,16)17/h1-4H,5-6H2,(H,18,19). The highest BCUT2D eigenvalue weighted by Crippen LogP contribution is 2.23. The highest BCUT2D eigenvalue weighted by molar-refractivity contribution is 5.91. The molecule has 0 aliphatic carbocycles. The largest absolute Gasteiger partial charge is 0.573 e. The van der Waals surface area contributed by atoms with Crippen molar-refractivity contribution in [1.82, 2.24) is 0 Å². The highest BCUT2D eigenvalue weighted by atomic mass is 19.4. The van der Waals surface area contributed by atoms with E-state index in [9.17, 15) is 31.1 Å². The zero-order valence-corrected chi connectivity index (χ0v) is 10.2. The molecule has 0 unspecified atom stereocenters. The molecule has 1 amide bonds. The number of benzene rings is 1. The highest BCUT2D eigenvalue weighted by Gasteiger charge is 2.31. The average Bonchev–Trinajstić information content (AvgIpc) is 2.28. The second kappa shape index (κ2) is 6.66. The number of carbonyl (C=O) groups excluding carboxylic acids is 1. The molecule has 0 saturated carbocycles. The normalized spacial score (nSPS) is 12.1. The summed E-state index contributed by atoms with van der Waals surface area (Å²) in [5.74, 6) is -1.36. The SMILES string of the molecule is O=C(COCC(F)(F)F)Nc1ccc(OC(F)(F)F)cc1. The van der Waals surface area contributed by atoms with Gasteiger partial charge in [-0.3, -0.25) is 4.79 Å². The molecule has 0 fully saturated rings. The van der Waals surface area contributed by atoms with E-state index in [0.29, 0.717) is 0 Å². The van der Waals surface area contributed by atoms with E-state index < -0.39 is 37.4 Å². The van der Waals surface area contributed by atoms with Crippen LogP contribution in [0.25, 0.3) is 0 Å². The molecule has 4 nitrogen and oxygen atoms in total. The van der Waals surface area contributed by atoms with E-state index in [1.54, 1.807) is 0 Å². The molecule has 1 aromatic rings. The topological polar surface area (TPSA) is 47.6 Å².